The van der Waals surface area contributed by atoms with E-state index in [-0.39, 0.29) is 6.54 Å². The highest BCUT2D eigenvalue weighted by atomic mass is 32.2. The van der Waals surface area contributed by atoms with Crippen LogP contribution >= 0.6 is 0 Å². The van der Waals surface area contributed by atoms with Gasteiger partial charge < -0.3 is 11.5 Å². The molecule has 1 atom stereocenters. The molecule has 0 spiro atoms. The molecule has 0 bridgehead atoms. The summed E-state index contributed by atoms with van der Waals surface area (Å²) in [5, 5.41) is 1.49. The summed E-state index contributed by atoms with van der Waals surface area (Å²) in [6.45, 7) is 0.747. The lowest BCUT2D eigenvalue weighted by Crippen LogP contribution is -2.43. The Bertz CT molecular complexity index is 204. The first-order valence-electron chi connectivity index (χ1n) is 3.62. The van der Waals surface area contributed by atoms with Crippen LogP contribution in [0.5, 0.6) is 0 Å². The minimum atomic E-state index is -4.07. The largest absolute Gasteiger partial charge is 0.330 e. The van der Waals surface area contributed by atoms with Crippen LogP contribution in [0.4, 0.5) is 0 Å². The van der Waals surface area contributed by atoms with Crippen LogP contribution in [0, 0.1) is 0 Å². The van der Waals surface area contributed by atoms with Crippen LogP contribution in [0.25, 0.3) is 0 Å². The summed E-state index contributed by atoms with van der Waals surface area (Å²) in [4.78, 5) is 0. The molecule has 0 aliphatic carbocycles. The van der Waals surface area contributed by atoms with Gasteiger partial charge in [-0.05, 0) is 19.5 Å². The zero-order valence-corrected chi connectivity index (χ0v) is 7.55. The van der Waals surface area contributed by atoms with Gasteiger partial charge in [-0.1, -0.05) is 0 Å². The molecule has 6 N–H and O–H groups in total. The lowest BCUT2D eigenvalue weighted by Gasteiger charge is -2.12. The van der Waals surface area contributed by atoms with Crippen molar-refractivity contribution in [2.75, 3.05) is 19.6 Å². The van der Waals surface area contributed by atoms with Crippen molar-refractivity contribution in [3.8, 4) is 0 Å². The van der Waals surface area contributed by atoms with E-state index < -0.39 is 15.5 Å². The third-order valence-corrected chi connectivity index (χ3v) is 2.40. The van der Waals surface area contributed by atoms with Crippen molar-refractivity contribution in [2.45, 2.75) is 11.8 Å². The molecule has 0 radical (unpaired) electrons. The molecule has 0 fully saturated rings. The van der Waals surface area contributed by atoms with E-state index in [1.165, 1.54) is 0 Å². The van der Waals surface area contributed by atoms with E-state index in [9.17, 15) is 8.42 Å². The summed E-state index contributed by atoms with van der Waals surface area (Å²) in [6, 6.07) is 0. The minimum absolute atomic E-state index is 0.149. The smallest absolute Gasteiger partial charge is 0.282 e. The van der Waals surface area contributed by atoms with Crippen molar-refractivity contribution >= 4 is 10.1 Å². The quantitative estimate of drug-likeness (QED) is 0.292. The Morgan fingerprint density at radius 1 is 1.42 bits per heavy atom. The Morgan fingerprint density at radius 3 is 2.33 bits per heavy atom. The molecule has 0 saturated carbocycles. The summed E-state index contributed by atoms with van der Waals surface area (Å²) >= 11 is 0. The van der Waals surface area contributed by atoms with E-state index in [1.807, 2.05) is 0 Å². The van der Waals surface area contributed by atoms with Crippen molar-refractivity contribution in [2.24, 2.45) is 11.5 Å². The topological polar surface area (TPSA) is 118 Å². The Kier molecular flexibility index (Phi) is 5.34. The van der Waals surface area contributed by atoms with Gasteiger partial charge in [0.25, 0.3) is 10.1 Å². The standard InChI is InChI=1S/C5H15N3O3S/c6-2-1-3-8-5(4-7)12(9,10)11/h5,8H,1-4,6-7H2,(H,9,10,11). The molecule has 1 unspecified atom stereocenters. The molecule has 0 aromatic heterocycles. The van der Waals surface area contributed by atoms with Gasteiger partial charge in [-0.3, -0.25) is 9.87 Å². The number of hydrogen-bond donors (Lipinski definition) is 4. The van der Waals surface area contributed by atoms with Crippen LogP contribution in [0.1, 0.15) is 6.42 Å². The molecule has 0 rings (SSSR count). The van der Waals surface area contributed by atoms with Crippen LogP contribution in [0.3, 0.4) is 0 Å². The lowest BCUT2D eigenvalue weighted by molar-refractivity contribution is 0.449. The fourth-order valence-electron chi connectivity index (χ4n) is 0.675. The van der Waals surface area contributed by atoms with Crippen molar-refractivity contribution in [3.05, 3.63) is 0 Å². The minimum Gasteiger partial charge on any atom is -0.330 e. The van der Waals surface area contributed by atoms with E-state index in [2.05, 4.69) is 5.32 Å². The van der Waals surface area contributed by atoms with Gasteiger partial charge in [0.1, 0.15) is 5.37 Å². The monoisotopic (exact) mass is 197 g/mol. The molecule has 12 heavy (non-hydrogen) atoms. The Labute approximate surface area is 72.1 Å². The third-order valence-electron chi connectivity index (χ3n) is 1.33. The van der Waals surface area contributed by atoms with Gasteiger partial charge in [0.2, 0.25) is 0 Å². The maximum Gasteiger partial charge on any atom is 0.282 e. The SMILES string of the molecule is NCCCNC(CN)S(=O)(=O)O. The van der Waals surface area contributed by atoms with E-state index >= 15 is 0 Å². The summed E-state index contributed by atoms with van der Waals surface area (Å²) in [7, 11) is -4.07. The molecule has 0 aliphatic rings. The van der Waals surface area contributed by atoms with Crippen molar-refractivity contribution in [1.29, 1.82) is 0 Å². The second-order valence-electron chi connectivity index (χ2n) is 2.34. The summed E-state index contributed by atoms with van der Waals surface area (Å²) < 4.78 is 29.7. The number of nitrogens with one attached hydrogen (secondary N) is 1. The molecule has 0 amide bonds. The predicted octanol–water partition coefficient (Wildman–Crippen LogP) is -1.90. The first-order valence-corrected chi connectivity index (χ1v) is 5.12. The average molecular weight is 197 g/mol. The zero-order chi connectivity index (χ0) is 9.61. The third kappa shape index (κ3) is 4.62. The van der Waals surface area contributed by atoms with Gasteiger partial charge in [0.15, 0.2) is 0 Å². The summed E-state index contributed by atoms with van der Waals surface area (Å²) in [5.41, 5.74) is 10.3. The summed E-state index contributed by atoms with van der Waals surface area (Å²) in [5.74, 6) is 0. The van der Waals surface area contributed by atoms with Crippen LogP contribution in [0.2, 0.25) is 0 Å². The van der Waals surface area contributed by atoms with Gasteiger partial charge in [0, 0.05) is 6.54 Å². The van der Waals surface area contributed by atoms with E-state index in [4.69, 9.17) is 16.0 Å². The van der Waals surface area contributed by atoms with Crippen molar-refractivity contribution in [3.63, 3.8) is 0 Å². The van der Waals surface area contributed by atoms with Gasteiger partial charge in [-0.15, -0.1) is 0 Å². The maximum absolute atomic E-state index is 10.5. The summed E-state index contributed by atoms with van der Waals surface area (Å²) in [6.07, 6.45) is 0.645. The first-order chi connectivity index (χ1) is 5.52. The van der Waals surface area contributed by atoms with Crippen LogP contribution in [-0.2, 0) is 10.1 Å². The van der Waals surface area contributed by atoms with Gasteiger partial charge in [-0.25, -0.2) is 0 Å². The predicted molar refractivity (Wildman–Crippen MR) is 46.1 cm³/mol. The molecular weight excluding hydrogens is 182 g/mol. The number of rotatable bonds is 6. The molecule has 6 nitrogen and oxygen atoms in total. The molecular formula is C5H15N3O3S. The highest BCUT2D eigenvalue weighted by Crippen LogP contribution is 1.91. The van der Waals surface area contributed by atoms with Gasteiger partial charge >= 0.3 is 0 Å². The molecule has 0 aromatic rings. The molecule has 0 saturated heterocycles. The maximum atomic E-state index is 10.5. The molecule has 7 heteroatoms. The van der Waals surface area contributed by atoms with Crippen LogP contribution in [0.15, 0.2) is 0 Å². The van der Waals surface area contributed by atoms with Crippen molar-refractivity contribution < 1.29 is 13.0 Å². The molecule has 74 valence electrons. The van der Waals surface area contributed by atoms with Crippen LogP contribution in [-0.4, -0.2) is 38.0 Å². The average Bonchev–Trinajstić information content (AvgIpc) is 1.95. The first kappa shape index (κ1) is 11.8. The Balaban J connectivity index is 3.85. The Hall–Kier alpha value is -0.210. The molecule has 0 aliphatic heterocycles. The normalized spacial score (nSPS) is 14.6. The van der Waals surface area contributed by atoms with Gasteiger partial charge in [0.05, 0.1) is 0 Å². The fraction of sp³-hybridized carbons (Fsp3) is 1.00. The van der Waals surface area contributed by atoms with E-state index in [0.717, 1.165) is 0 Å². The lowest BCUT2D eigenvalue weighted by atomic mass is 10.4. The van der Waals surface area contributed by atoms with Crippen molar-refractivity contribution in [1.82, 2.24) is 5.32 Å². The highest BCUT2D eigenvalue weighted by Gasteiger charge is 2.19. The molecule has 0 aromatic carbocycles. The second kappa shape index (κ2) is 5.44. The zero-order valence-electron chi connectivity index (χ0n) is 6.73. The van der Waals surface area contributed by atoms with E-state index in [1.54, 1.807) is 0 Å². The fourth-order valence-corrected chi connectivity index (χ4v) is 1.25. The number of nitrogens with two attached hydrogens (primary N) is 2. The number of hydrogen-bond acceptors (Lipinski definition) is 5. The van der Waals surface area contributed by atoms with Gasteiger partial charge in [-0.2, -0.15) is 8.42 Å². The van der Waals surface area contributed by atoms with Crippen LogP contribution < -0.4 is 16.8 Å². The molecule has 0 heterocycles. The highest BCUT2D eigenvalue weighted by molar-refractivity contribution is 7.86. The van der Waals surface area contributed by atoms with E-state index in [0.29, 0.717) is 19.5 Å². The second-order valence-corrected chi connectivity index (χ2v) is 3.93. The Morgan fingerprint density at radius 2 is 2.00 bits per heavy atom.